The minimum atomic E-state index is 0.380. The van der Waals surface area contributed by atoms with Crippen LogP contribution in [0.3, 0.4) is 0 Å². The third-order valence-corrected chi connectivity index (χ3v) is 2.68. The second-order valence-corrected chi connectivity index (χ2v) is 4.17. The molecule has 0 saturated carbocycles. The summed E-state index contributed by atoms with van der Waals surface area (Å²) in [4.78, 5) is 0. The molecule has 0 radical (unpaired) electrons. The Morgan fingerprint density at radius 2 is 1.94 bits per heavy atom. The molecule has 2 aromatic rings. The van der Waals surface area contributed by atoms with Gasteiger partial charge in [-0.1, -0.05) is 17.3 Å². The van der Waals surface area contributed by atoms with Crippen molar-refractivity contribution in [2.45, 2.75) is 26.9 Å². The lowest BCUT2D eigenvalue weighted by Gasteiger charge is -2.08. The second-order valence-electron chi connectivity index (χ2n) is 4.17. The average Bonchev–Trinajstić information content (AvgIpc) is 2.79. The number of aromatic nitrogens is 1. The first-order chi connectivity index (χ1) is 8.16. The maximum absolute atomic E-state index is 9.66. The highest BCUT2D eigenvalue weighted by atomic mass is 16.5. The fourth-order valence-corrected chi connectivity index (χ4v) is 1.81. The molecule has 2 N–H and O–H groups in total. The Kier molecular flexibility index (Phi) is 3.44. The lowest BCUT2D eigenvalue weighted by Crippen LogP contribution is -2.13. The van der Waals surface area contributed by atoms with E-state index >= 15 is 0 Å². The lowest BCUT2D eigenvalue weighted by molar-refractivity contribution is 0.408. The first-order valence-corrected chi connectivity index (χ1v) is 5.56. The van der Waals surface area contributed by atoms with Gasteiger partial charge in [0.05, 0.1) is 5.69 Å². The van der Waals surface area contributed by atoms with Gasteiger partial charge >= 0.3 is 0 Å². The number of nitrogens with one attached hydrogen (secondary N) is 1. The molecule has 0 aliphatic heterocycles. The summed E-state index contributed by atoms with van der Waals surface area (Å²) in [5.74, 6) is 0.380. The molecule has 0 spiro atoms. The van der Waals surface area contributed by atoms with Gasteiger partial charge in [-0.15, -0.1) is 0 Å². The zero-order chi connectivity index (χ0) is 12.3. The lowest BCUT2D eigenvalue weighted by atomic mass is 10.1. The minimum Gasteiger partial charge on any atom is -0.507 e. The van der Waals surface area contributed by atoms with E-state index in [-0.39, 0.29) is 0 Å². The molecule has 1 aromatic carbocycles. The standard InChI is InChI=1S/C13H16N2O2/c1-9-5-11(6-10(2)13(9)16)7-14-8-12-3-4-17-15-12/h3-6,14,16H,7-8H2,1-2H3. The number of benzene rings is 1. The van der Waals surface area contributed by atoms with Crippen LogP contribution in [0, 0.1) is 13.8 Å². The summed E-state index contributed by atoms with van der Waals surface area (Å²) < 4.78 is 4.75. The van der Waals surface area contributed by atoms with Crippen LogP contribution < -0.4 is 5.32 Å². The summed E-state index contributed by atoms with van der Waals surface area (Å²) in [5, 5.41) is 16.8. The molecular weight excluding hydrogens is 216 g/mol. The van der Waals surface area contributed by atoms with Crippen molar-refractivity contribution < 1.29 is 9.63 Å². The van der Waals surface area contributed by atoms with Crippen molar-refractivity contribution in [3.8, 4) is 5.75 Å². The van der Waals surface area contributed by atoms with Gasteiger partial charge in [-0.3, -0.25) is 0 Å². The number of rotatable bonds is 4. The van der Waals surface area contributed by atoms with Crippen LogP contribution in [0.15, 0.2) is 29.0 Å². The van der Waals surface area contributed by atoms with Gasteiger partial charge in [0.1, 0.15) is 12.0 Å². The van der Waals surface area contributed by atoms with Gasteiger partial charge in [0.25, 0.3) is 0 Å². The number of aromatic hydroxyl groups is 1. The van der Waals surface area contributed by atoms with E-state index < -0.39 is 0 Å². The molecule has 90 valence electrons. The molecule has 1 heterocycles. The first-order valence-electron chi connectivity index (χ1n) is 5.56. The van der Waals surface area contributed by atoms with E-state index in [0.717, 1.165) is 28.9 Å². The van der Waals surface area contributed by atoms with Gasteiger partial charge in [0.15, 0.2) is 0 Å². The van der Waals surface area contributed by atoms with E-state index in [1.54, 1.807) is 6.26 Å². The van der Waals surface area contributed by atoms with E-state index in [1.165, 1.54) is 0 Å². The fourth-order valence-electron chi connectivity index (χ4n) is 1.81. The van der Waals surface area contributed by atoms with Gasteiger partial charge in [0.2, 0.25) is 0 Å². The molecule has 0 unspecified atom stereocenters. The van der Waals surface area contributed by atoms with Gasteiger partial charge < -0.3 is 14.9 Å². The SMILES string of the molecule is Cc1cc(CNCc2ccon2)cc(C)c1O. The maximum Gasteiger partial charge on any atom is 0.124 e. The summed E-state index contributed by atoms with van der Waals surface area (Å²) in [6.45, 7) is 5.23. The molecule has 17 heavy (non-hydrogen) atoms. The molecule has 2 rings (SSSR count). The summed E-state index contributed by atoms with van der Waals surface area (Å²) in [6.07, 6.45) is 1.56. The van der Waals surface area contributed by atoms with Gasteiger partial charge in [-0.2, -0.15) is 0 Å². The molecule has 0 fully saturated rings. The van der Waals surface area contributed by atoms with E-state index in [9.17, 15) is 5.11 Å². The Balaban J connectivity index is 1.95. The number of aryl methyl sites for hydroxylation is 2. The number of phenols is 1. The van der Waals surface area contributed by atoms with Gasteiger partial charge in [-0.05, 0) is 30.5 Å². The first kappa shape index (κ1) is 11.7. The Morgan fingerprint density at radius 3 is 2.53 bits per heavy atom. The Morgan fingerprint density at radius 1 is 1.24 bits per heavy atom. The van der Waals surface area contributed by atoms with E-state index in [2.05, 4.69) is 10.5 Å². The van der Waals surface area contributed by atoms with E-state index in [1.807, 2.05) is 32.0 Å². The quantitative estimate of drug-likeness (QED) is 0.849. The van der Waals surface area contributed by atoms with Gasteiger partial charge in [-0.25, -0.2) is 0 Å². The largest absolute Gasteiger partial charge is 0.507 e. The van der Waals surface area contributed by atoms with E-state index in [4.69, 9.17) is 4.52 Å². The zero-order valence-corrected chi connectivity index (χ0v) is 10.0. The molecule has 0 aliphatic carbocycles. The van der Waals surface area contributed by atoms with Crippen molar-refractivity contribution >= 4 is 0 Å². The van der Waals surface area contributed by atoms with Crippen LogP contribution in [-0.4, -0.2) is 10.3 Å². The summed E-state index contributed by atoms with van der Waals surface area (Å²) >= 11 is 0. The summed E-state index contributed by atoms with van der Waals surface area (Å²) in [7, 11) is 0. The van der Waals surface area contributed by atoms with Crippen LogP contribution in [-0.2, 0) is 13.1 Å². The third kappa shape index (κ3) is 2.85. The van der Waals surface area contributed by atoms with Crippen LogP contribution in [0.2, 0.25) is 0 Å². The van der Waals surface area contributed by atoms with Crippen LogP contribution >= 0.6 is 0 Å². The second kappa shape index (κ2) is 5.01. The smallest absolute Gasteiger partial charge is 0.124 e. The molecule has 0 bridgehead atoms. The molecule has 4 heteroatoms. The Bertz CT molecular complexity index is 469. The highest BCUT2D eigenvalue weighted by Crippen LogP contribution is 2.22. The zero-order valence-electron chi connectivity index (χ0n) is 10.0. The fraction of sp³-hybridized carbons (Fsp3) is 0.308. The van der Waals surface area contributed by atoms with Crippen molar-refractivity contribution in [3.05, 3.63) is 46.8 Å². The topological polar surface area (TPSA) is 58.3 Å². The van der Waals surface area contributed by atoms with Gasteiger partial charge in [0, 0.05) is 19.2 Å². The molecule has 1 aromatic heterocycles. The van der Waals surface area contributed by atoms with Crippen molar-refractivity contribution in [1.29, 1.82) is 0 Å². The predicted octanol–water partition coefficient (Wildman–Crippen LogP) is 2.29. The number of phenolic OH excluding ortho intramolecular Hbond substituents is 1. The number of hydrogen-bond donors (Lipinski definition) is 2. The summed E-state index contributed by atoms with van der Waals surface area (Å²) in [5.41, 5.74) is 3.85. The number of hydrogen-bond acceptors (Lipinski definition) is 4. The van der Waals surface area contributed by atoms with Crippen LogP contribution in [0.1, 0.15) is 22.4 Å². The van der Waals surface area contributed by atoms with Crippen molar-refractivity contribution in [2.75, 3.05) is 0 Å². The minimum absolute atomic E-state index is 0.380. The van der Waals surface area contributed by atoms with Crippen LogP contribution in [0.5, 0.6) is 5.75 Å². The Labute approximate surface area is 100 Å². The molecule has 0 atom stereocenters. The average molecular weight is 232 g/mol. The third-order valence-electron chi connectivity index (χ3n) is 2.68. The van der Waals surface area contributed by atoms with Crippen molar-refractivity contribution in [2.24, 2.45) is 0 Å². The summed E-state index contributed by atoms with van der Waals surface area (Å²) in [6, 6.07) is 5.80. The van der Waals surface area contributed by atoms with E-state index in [0.29, 0.717) is 12.3 Å². The molecule has 0 aliphatic rings. The van der Waals surface area contributed by atoms with Crippen LogP contribution in [0.4, 0.5) is 0 Å². The molecular formula is C13H16N2O2. The molecule has 0 saturated heterocycles. The van der Waals surface area contributed by atoms with Crippen molar-refractivity contribution in [3.63, 3.8) is 0 Å². The Hall–Kier alpha value is -1.81. The molecule has 0 amide bonds. The highest BCUT2D eigenvalue weighted by molar-refractivity contribution is 5.42. The monoisotopic (exact) mass is 232 g/mol. The van der Waals surface area contributed by atoms with Crippen LogP contribution in [0.25, 0.3) is 0 Å². The highest BCUT2D eigenvalue weighted by Gasteiger charge is 2.03. The molecule has 4 nitrogen and oxygen atoms in total. The van der Waals surface area contributed by atoms with Crippen molar-refractivity contribution in [1.82, 2.24) is 10.5 Å². The normalized spacial score (nSPS) is 10.7. The predicted molar refractivity (Wildman–Crippen MR) is 64.6 cm³/mol. The maximum atomic E-state index is 9.66. The number of nitrogens with zero attached hydrogens (tertiary/aromatic N) is 1.